The Kier molecular flexibility index (Phi) is 5.59. The standard InChI is InChI=1S/C29H26F2N4O5/c1-14-16-10-11-34(25(16)33-13-32-14)28-24-23(39-29(2,3)40-24)22(38-28)21(15-8-9-19(30)20(31)12-15)35-26(36)17-6-4-5-7-18(17)27(35)37/h4-13,21-24,26,28,36H,1-3H3/t21-,22-,23-,24-,26?,28-/m1/s1. The van der Waals surface area contributed by atoms with Crippen LogP contribution in [-0.4, -0.2) is 54.5 Å². The summed E-state index contributed by atoms with van der Waals surface area (Å²) in [5, 5.41) is 12.2. The van der Waals surface area contributed by atoms with Crippen LogP contribution in [0.5, 0.6) is 0 Å². The molecule has 0 bridgehead atoms. The molecule has 7 rings (SSSR count). The predicted octanol–water partition coefficient (Wildman–Crippen LogP) is 4.32. The van der Waals surface area contributed by atoms with Crippen LogP contribution in [0.3, 0.4) is 0 Å². The molecule has 4 aromatic rings. The molecule has 1 unspecified atom stereocenters. The van der Waals surface area contributed by atoms with Gasteiger partial charge in [0.2, 0.25) is 0 Å². The summed E-state index contributed by atoms with van der Waals surface area (Å²) < 4.78 is 49.8. The van der Waals surface area contributed by atoms with Gasteiger partial charge in [0, 0.05) is 22.7 Å². The molecule has 3 aliphatic heterocycles. The molecule has 5 heterocycles. The summed E-state index contributed by atoms with van der Waals surface area (Å²) in [5.41, 5.74) is 2.40. The summed E-state index contributed by atoms with van der Waals surface area (Å²) in [6, 6.07) is 10.9. The number of nitrogens with zero attached hydrogens (tertiary/aromatic N) is 4. The molecule has 11 heteroatoms. The monoisotopic (exact) mass is 548 g/mol. The molecule has 2 aromatic carbocycles. The Bertz CT molecular complexity index is 1660. The second-order valence-corrected chi connectivity index (χ2v) is 10.8. The number of aliphatic hydroxyl groups is 1. The van der Waals surface area contributed by atoms with Crippen LogP contribution in [0.15, 0.2) is 61.1 Å². The second-order valence-electron chi connectivity index (χ2n) is 10.8. The lowest BCUT2D eigenvalue weighted by atomic mass is 9.94. The van der Waals surface area contributed by atoms with Gasteiger partial charge in [-0.3, -0.25) is 9.69 Å². The number of aromatic nitrogens is 3. The third kappa shape index (κ3) is 3.69. The average Bonchev–Trinajstić information content (AvgIpc) is 3.64. The molecule has 2 aromatic heterocycles. The minimum absolute atomic E-state index is 0.243. The van der Waals surface area contributed by atoms with Gasteiger partial charge in [-0.25, -0.2) is 18.7 Å². The highest BCUT2D eigenvalue weighted by Crippen LogP contribution is 2.51. The zero-order valence-electron chi connectivity index (χ0n) is 21.9. The molecule has 2 saturated heterocycles. The molecule has 3 aliphatic rings. The van der Waals surface area contributed by atoms with Gasteiger partial charge in [0.15, 0.2) is 29.9 Å². The van der Waals surface area contributed by atoms with Crippen molar-refractivity contribution >= 4 is 16.9 Å². The lowest BCUT2D eigenvalue weighted by Gasteiger charge is -2.37. The zero-order valence-corrected chi connectivity index (χ0v) is 21.9. The fourth-order valence-corrected chi connectivity index (χ4v) is 6.19. The van der Waals surface area contributed by atoms with Gasteiger partial charge in [0.1, 0.15) is 30.3 Å². The van der Waals surface area contributed by atoms with Crippen molar-refractivity contribution in [2.45, 2.75) is 63.4 Å². The lowest BCUT2D eigenvalue weighted by molar-refractivity contribution is -0.205. The number of carbonyl (C=O) groups excluding carboxylic acids is 1. The number of hydrogen-bond acceptors (Lipinski definition) is 7. The molecular formula is C29H26F2N4O5. The van der Waals surface area contributed by atoms with Gasteiger partial charge >= 0.3 is 0 Å². The number of aliphatic hydroxyl groups excluding tert-OH is 1. The smallest absolute Gasteiger partial charge is 0.257 e. The lowest BCUT2D eigenvalue weighted by Crippen LogP contribution is -2.44. The Labute approximate surface area is 227 Å². The molecule has 0 spiro atoms. The molecule has 0 saturated carbocycles. The van der Waals surface area contributed by atoms with Crippen molar-refractivity contribution < 1.29 is 32.9 Å². The van der Waals surface area contributed by atoms with Crippen molar-refractivity contribution in [2.75, 3.05) is 0 Å². The summed E-state index contributed by atoms with van der Waals surface area (Å²) in [6.45, 7) is 5.43. The maximum atomic E-state index is 14.6. The van der Waals surface area contributed by atoms with Crippen molar-refractivity contribution in [3.8, 4) is 0 Å². The van der Waals surface area contributed by atoms with Crippen molar-refractivity contribution in [1.82, 2.24) is 19.4 Å². The first-order valence-corrected chi connectivity index (χ1v) is 13.0. The van der Waals surface area contributed by atoms with Crippen LogP contribution in [0.4, 0.5) is 8.78 Å². The van der Waals surface area contributed by atoms with E-state index in [1.165, 1.54) is 17.3 Å². The summed E-state index contributed by atoms with van der Waals surface area (Å²) in [6.07, 6.45) is -1.11. The molecule has 0 radical (unpaired) electrons. The second kappa shape index (κ2) is 8.87. The number of hydrogen-bond donors (Lipinski definition) is 1. The van der Waals surface area contributed by atoms with Crippen LogP contribution in [0.25, 0.3) is 11.0 Å². The van der Waals surface area contributed by atoms with E-state index >= 15 is 0 Å². The van der Waals surface area contributed by atoms with Crippen molar-refractivity contribution in [3.63, 3.8) is 0 Å². The highest BCUT2D eigenvalue weighted by atomic mass is 19.2. The van der Waals surface area contributed by atoms with E-state index in [2.05, 4.69) is 9.97 Å². The van der Waals surface area contributed by atoms with Gasteiger partial charge in [0.05, 0.1) is 11.7 Å². The van der Waals surface area contributed by atoms with Gasteiger partial charge in [0.25, 0.3) is 5.91 Å². The van der Waals surface area contributed by atoms with Crippen molar-refractivity contribution in [2.24, 2.45) is 0 Å². The van der Waals surface area contributed by atoms with Gasteiger partial charge < -0.3 is 23.9 Å². The van der Waals surface area contributed by atoms with Crippen LogP contribution >= 0.6 is 0 Å². The number of aryl methyl sites for hydroxylation is 1. The first-order chi connectivity index (χ1) is 19.1. The van der Waals surface area contributed by atoms with Crippen LogP contribution in [-0.2, 0) is 14.2 Å². The third-order valence-corrected chi connectivity index (χ3v) is 7.91. The normalized spacial score (nSPS) is 27.8. The quantitative estimate of drug-likeness (QED) is 0.406. The fourth-order valence-electron chi connectivity index (χ4n) is 6.19. The van der Waals surface area contributed by atoms with Crippen LogP contribution in [0.2, 0.25) is 0 Å². The maximum absolute atomic E-state index is 14.6. The van der Waals surface area contributed by atoms with Gasteiger partial charge in [-0.05, 0) is 50.6 Å². The number of rotatable bonds is 4. The zero-order chi connectivity index (χ0) is 27.9. The number of benzene rings is 2. The minimum Gasteiger partial charge on any atom is -0.369 e. The number of carbonyl (C=O) groups is 1. The number of fused-ring (bicyclic) bond motifs is 3. The maximum Gasteiger partial charge on any atom is 0.257 e. The van der Waals surface area contributed by atoms with E-state index in [4.69, 9.17) is 14.2 Å². The molecule has 6 atom stereocenters. The number of amides is 1. The highest BCUT2D eigenvalue weighted by molar-refractivity contribution is 5.99. The molecule has 1 N–H and O–H groups in total. The van der Waals surface area contributed by atoms with Crippen LogP contribution < -0.4 is 0 Å². The molecule has 40 heavy (non-hydrogen) atoms. The Hall–Kier alpha value is -3.77. The summed E-state index contributed by atoms with van der Waals surface area (Å²) in [5.74, 6) is -3.58. The SMILES string of the molecule is Cc1ncnc2c1ccn2[C@@H]1O[C@H]([C@@H](c2ccc(F)c(F)c2)N2C(=O)c3ccccc3C2O)[C@H]2OC(C)(C)O[C@H]21. The van der Waals surface area contributed by atoms with Crippen molar-refractivity contribution in [1.29, 1.82) is 0 Å². The largest absolute Gasteiger partial charge is 0.369 e. The summed E-state index contributed by atoms with van der Waals surface area (Å²) >= 11 is 0. The van der Waals surface area contributed by atoms with E-state index < -0.39 is 60.1 Å². The Balaban J connectivity index is 1.37. The average molecular weight is 549 g/mol. The Morgan fingerprint density at radius 1 is 1.02 bits per heavy atom. The van der Waals surface area contributed by atoms with E-state index in [1.807, 2.05) is 23.8 Å². The highest BCUT2D eigenvalue weighted by Gasteiger charge is 2.60. The Morgan fingerprint density at radius 2 is 1.80 bits per heavy atom. The third-order valence-electron chi connectivity index (χ3n) is 7.91. The topological polar surface area (TPSA) is 98.9 Å². The molecule has 2 fully saturated rings. The van der Waals surface area contributed by atoms with Crippen LogP contribution in [0.1, 0.15) is 59.5 Å². The van der Waals surface area contributed by atoms with Gasteiger partial charge in [-0.1, -0.05) is 24.3 Å². The molecule has 1 amide bonds. The van der Waals surface area contributed by atoms with Crippen LogP contribution in [0, 0.1) is 18.6 Å². The fraction of sp³-hybridized carbons (Fsp3) is 0.345. The molecule has 206 valence electrons. The van der Waals surface area contributed by atoms with Gasteiger partial charge in [-0.15, -0.1) is 0 Å². The first-order valence-electron chi connectivity index (χ1n) is 13.0. The molecular weight excluding hydrogens is 522 g/mol. The summed E-state index contributed by atoms with van der Waals surface area (Å²) in [7, 11) is 0. The van der Waals surface area contributed by atoms with E-state index in [1.54, 1.807) is 38.1 Å². The number of halogens is 2. The Morgan fingerprint density at radius 3 is 2.58 bits per heavy atom. The predicted molar refractivity (Wildman–Crippen MR) is 137 cm³/mol. The van der Waals surface area contributed by atoms with E-state index in [-0.39, 0.29) is 5.56 Å². The van der Waals surface area contributed by atoms with E-state index in [0.29, 0.717) is 16.8 Å². The van der Waals surface area contributed by atoms with E-state index in [0.717, 1.165) is 23.2 Å². The molecule has 9 nitrogen and oxygen atoms in total. The number of ether oxygens (including phenoxy) is 3. The van der Waals surface area contributed by atoms with Crippen molar-refractivity contribution in [3.05, 3.63) is 95.1 Å². The van der Waals surface area contributed by atoms with Gasteiger partial charge in [-0.2, -0.15) is 0 Å². The van der Waals surface area contributed by atoms with E-state index in [9.17, 15) is 18.7 Å². The molecule has 0 aliphatic carbocycles. The first kappa shape index (κ1) is 25.2. The summed E-state index contributed by atoms with van der Waals surface area (Å²) in [4.78, 5) is 23.7. The minimum atomic E-state index is -1.35.